The summed E-state index contributed by atoms with van der Waals surface area (Å²) in [4.78, 5) is 5.52. The van der Waals surface area contributed by atoms with Crippen molar-refractivity contribution in [3.8, 4) is 0 Å². The summed E-state index contributed by atoms with van der Waals surface area (Å²) in [5, 5.41) is 9.79. The van der Waals surface area contributed by atoms with Crippen LogP contribution in [0.4, 0.5) is 5.95 Å². The number of aromatic nitrogens is 3. The van der Waals surface area contributed by atoms with E-state index in [1.54, 1.807) is 17.7 Å². The molecule has 0 saturated heterocycles. The molecule has 0 bridgehead atoms. The summed E-state index contributed by atoms with van der Waals surface area (Å²) in [7, 11) is 0. The number of anilines is 1. The zero-order chi connectivity index (χ0) is 14.2. The van der Waals surface area contributed by atoms with Crippen molar-refractivity contribution >= 4 is 23.0 Å². The zero-order valence-corrected chi connectivity index (χ0v) is 12.3. The molecule has 0 aliphatic carbocycles. The van der Waals surface area contributed by atoms with Crippen LogP contribution in [-0.4, -0.2) is 14.8 Å². The highest BCUT2D eigenvalue weighted by molar-refractivity contribution is 7.11. The van der Waals surface area contributed by atoms with E-state index in [1.165, 1.54) is 16.0 Å². The van der Waals surface area contributed by atoms with E-state index in [-0.39, 0.29) is 6.04 Å². The van der Waals surface area contributed by atoms with Gasteiger partial charge in [-0.2, -0.15) is 10.1 Å². The number of aryl methyl sites for hydroxylation is 1. The molecule has 1 atom stereocenters. The smallest absolute Gasteiger partial charge is 0.226 e. The molecule has 1 aliphatic rings. The summed E-state index contributed by atoms with van der Waals surface area (Å²) >= 11 is 1.72. The third kappa shape index (κ3) is 2.15. The number of fused-ring (bicyclic) bond motifs is 1. The van der Waals surface area contributed by atoms with Gasteiger partial charge >= 0.3 is 0 Å². The average molecular weight is 294 g/mol. The molecule has 1 N–H and O–H groups in total. The van der Waals surface area contributed by atoms with Crippen LogP contribution in [0, 0.1) is 6.92 Å². The van der Waals surface area contributed by atoms with Gasteiger partial charge in [-0.3, -0.25) is 0 Å². The van der Waals surface area contributed by atoms with Crippen LogP contribution in [0.5, 0.6) is 0 Å². The number of hydrogen-bond acceptors (Lipinski definition) is 4. The fraction of sp³-hybridized carbons (Fsp3) is 0.125. The summed E-state index contributed by atoms with van der Waals surface area (Å²) < 4.78 is 1.92. The summed E-state index contributed by atoms with van der Waals surface area (Å²) in [5.41, 5.74) is 3.56. The van der Waals surface area contributed by atoms with E-state index in [0.717, 1.165) is 11.6 Å². The largest absolute Gasteiger partial charge is 0.323 e. The van der Waals surface area contributed by atoms with Gasteiger partial charge in [0.15, 0.2) is 0 Å². The van der Waals surface area contributed by atoms with Crippen LogP contribution in [0.2, 0.25) is 0 Å². The summed E-state index contributed by atoms with van der Waals surface area (Å²) in [6.07, 6.45) is 3.80. The zero-order valence-electron chi connectivity index (χ0n) is 11.5. The van der Waals surface area contributed by atoms with Gasteiger partial charge < -0.3 is 5.32 Å². The molecule has 2 aromatic heterocycles. The Morgan fingerprint density at radius 1 is 1.19 bits per heavy atom. The van der Waals surface area contributed by atoms with Crippen LogP contribution in [0.3, 0.4) is 0 Å². The lowest BCUT2D eigenvalue weighted by molar-refractivity contribution is 0.612. The summed E-state index contributed by atoms with van der Waals surface area (Å²) in [6.45, 7) is 2.10. The number of rotatable bonds is 2. The minimum absolute atomic E-state index is 0.0708. The van der Waals surface area contributed by atoms with Crippen molar-refractivity contribution in [1.29, 1.82) is 0 Å². The fourth-order valence-corrected chi connectivity index (χ4v) is 3.22. The molecular formula is C16H14N4S. The molecule has 21 heavy (non-hydrogen) atoms. The van der Waals surface area contributed by atoms with E-state index in [9.17, 15) is 0 Å². The van der Waals surface area contributed by atoms with E-state index in [0.29, 0.717) is 0 Å². The van der Waals surface area contributed by atoms with Crippen LogP contribution in [0.25, 0.3) is 5.70 Å². The SMILES string of the molecule is Cc1ccc([C@H]2C=C(c3cccs3)Nc3ncnn32)cc1. The van der Waals surface area contributed by atoms with Gasteiger partial charge in [-0.1, -0.05) is 35.9 Å². The molecule has 4 rings (SSSR count). The molecule has 0 amide bonds. The van der Waals surface area contributed by atoms with Gasteiger partial charge in [0.25, 0.3) is 0 Å². The fourth-order valence-electron chi connectivity index (χ4n) is 2.51. The molecule has 0 spiro atoms. The number of nitrogens with zero attached hydrogens (tertiary/aromatic N) is 3. The summed E-state index contributed by atoms with van der Waals surface area (Å²) in [5.74, 6) is 0.784. The van der Waals surface area contributed by atoms with Gasteiger partial charge in [0, 0.05) is 0 Å². The Morgan fingerprint density at radius 2 is 2.05 bits per heavy atom. The van der Waals surface area contributed by atoms with Gasteiger partial charge in [-0.15, -0.1) is 11.3 Å². The molecule has 1 aromatic carbocycles. The predicted octanol–water partition coefficient (Wildman–Crippen LogP) is 3.70. The van der Waals surface area contributed by atoms with Crippen LogP contribution in [-0.2, 0) is 0 Å². The number of hydrogen-bond donors (Lipinski definition) is 1. The number of thiophene rings is 1. The highest BCUT2D eigenvalue weighted by Crippen LogP contribution is 2.33. The van der Waals surface area contributed by atoms with Gasteiger partial charge in [-0.05, 0) is 30.0 Å². The van der Waals surface area contributed by atoms with Gasteiger partial charge in [0.2, 0.25) is 5.95 Å². The van der Waals surface area contributed by atoms with Crippen molar-refractivity contribution in [3.63, 3.8) is 0 Å². The topological polar surface area (TPSA) is 42.7 Å². The lowest BCUT2D eigenvalue weighted by atomic mass is 10.0. The van der Waals surface area contributed by atoms with E-state index < -0.39 is 0 Å². The van der Waals surface area contributed by atoms with Gasteiger partial charge in [0.1, 0.15) is 12.4 Å². The van der Waals surface area contributed by atoms with Crippen LogP contribution in [0.15, 0.2) is 54.2 Å². The Morgan fingerprint density at radius 3 is 2.81 bits per heavy atom. The van der Waals surface area contributed by atoms with Crippen molar-refractivity contribution in [3.05, 3.63) is 70.2 Å². The van der Waals surface area contributed by atoms with Crippen LogP contribution in [0.1, 0.15) is 22.0 Å². The van der Waals surface area contributed by atoms with E-state index >= 15 is 0 Å². The minimum atomic E-state index is 0.0708. The molecule has 5 heteroatoms. The highest BCUT2D eigenvalue weighted by Gasteiger charge is 2.23. The average Bonchev–Trinajstić information content (AvgIpc) is 3.18. The molecule has 0 unspecified atom stereocenters. The number of allylic oxidation sites excluding steroid dienone is 1. The molecule has 3 heterocycles. The third-order valence-corrected chi connectivity index (χ3v) is 4.52. The maximum absolute atomic E-state index is 4.35. The third-order valence-electron chi connectivity index (χ3n) is 3.61. The first kappa shape index (κ1) is 12.3. The summed E-state index contributed by atoms with van der Waals surface area (Å²) in [6, 6.07) is 12.8. The predicted molar refractivity (Wildman–Crippen MR) is 85.3 cm³/mol. The maximum Gasteiger partial charge on any atom is 0.226 e. The Kier molecular flexibility index (Phi) is 2.86. The van der Waals surface area contributed by atoms with E-state index in [2.05, 4.69) is 70.2 Å². The van der Waals surface area contributed by atoms with Crippen molar-refractivity contribution < 1.29 is 0 Å². The molecule has 1 aliphatic heterocycles. The van der Waals surface area contributed by atoms with E-state index in [1.807, 2.05) is 4.68 Å². The monoisotopic (exact) mass is 294 g/mol. The molecule has 0 fully saturated rings. The van der Waals surface area contributed by atoms with Crippen LogP contribution < -0.4 is 5.32 Å². The Bertz CT molecular complexity index is 784. The normalized spacial score (nSPS) is 17.0. The minimum Gasteiger partial charge on any atom is -0.323 e. The second kappa shape index (κ2) is 4.86. The first-order valence-electron chi connectivity index (χ1n) is 6.80. The first-order chi connectivity index (χ1) is 10.3. The lowest BCUT2D eigenvalue weighted by Crippen LogP contribution is -2.19. The Hall–Kier alpha value is -2.40. The Labute approximate surface area is 126 Å². The standard InChI is InChI=1S/C16H14N4S/c1-11-4-6-12(7-5-11)14-9-13(15-3-2-8-21-15)19-16-17-10-18-20(14)16/h2-10,14H,1H3,(H,17,18,19)/t14-/m1/s1. The number of nitrogens with one attached hydrogen (secondary N) is 1. The lowest BCUT2D eigenvalue weighted by Gasteiger charge is -2.23. The van der Waals surface area contributed by atoms with Crippen molar-refractivity contribution in [2.24, 2.45) is 0 Å². The molecule has 0 radical (unpaired) electrons. The maximum atomic E-state index is 4.35. The quantitative estimate of drug-likeness (QED) is 0.783. The molecule has 3 aromatic rings. The number of benzene rings is 1. The van der Waals surface area contributed by atoms with Crippen molar-refractivity contribution in [2.45, 2.75) is 13.0 Å². The molecule has 4 nitrogen and oxygen atoms in total. The van der Waals surface area contributed by atoms with E-state index in [4.69, 9.17) is 0 Å². The second-order valence-electron chi connectivity index (χ2n) is 5.07. The molecule has 104 valence electrons. The van der Waals surface area contributed by atoms with Crippen LogP contribution >= 0.6 is 11.3 Å². The second-order valence-corrected chi connectivity index (χ2v) is 6.01. The Balaban J connectivity index is 1.82. The van der Waals surface area contributed by atoms with Gasteiger partial charge in [-0.25, -0.2) is 4.68 Å². The highest BCUT2D eigenvalue weighted by atomic mass is 32.1. The van der Waals surface area contributed by atoms with Crippen molar-refractivity contribution in [1.82, 2.24) is 14.8 Å². The molecular weight excluding hydrogens is 280 g/mol. The van der Waals surface area contributed by atoms with Gasteiger partial charge in [0.05, 0.1) is 10.6 Å². The molecule has 0 saturated carbocycles. The van der Waals surface area contributed by atoms with Crippen molar-refractivity contribution in [2.75, 3.05) is 5.32 Å². The first-order valence-corrected chi connectivity index (χ1v) is 7.68.